The number of nitrogens with zero attached hydrogens (tertiary/aromatic N) is 4. The molecular weight excluding hydrogens is 384 g/mol. The van der Waals surface area contributed by atoms with E-state index < -0.39 is 0 Å². The molecule has 0 N–H and O–H groups in total. The van der Waals surface area contributed by atoms with Gasteiger partial charge in [-0.2, -0.15) is 0 Å². The average molecular weight is 413 g/mol. The van der Waals surface area contributed by atoms with E-state index in [1.165, 1.54) is 11.8 Å². The van der Waals surface area contributed by atoms with Gasteiger partial charge in [0.1, 0.15) is 5.76 Å². The van der Waals surface area contributed by atoms with Crippen LogP contribution in [0.5, 0.6) is 0 Å². The average Bonchev–Trinajstić information content (AvgIpc) is 3.27. The van der Waals surface area contributed by atoms with Crippen LogP contribution in [0.1, 0.15) is 40.4 Å². The van der Waals surface area contributed by atoms with Crippen LogP contribution < -0.4 is 0 Å². The molecule has 0 saturated carbocycles. The Balaban J connectivity index is 1.99. The van der Waals surface area contributed by atoms with Gasteiger partial charge in [-0.3, -0.25) is 9.36 Å². The topological polar surface area (TPSA) is 64.2 Å². The number of aromatic nitrogens is 3. The van der Waals surface area contributed by atoms with Crippen LogP contribution in [-0.2, 0) is 4.79 Å². The van der Waals surface area contributed by atoms with Gasteiger partial charge in [0.05, 0.1) is 17.1 Å². The van der Waals surface area contributed by atoms with Crippen molar-refractivity contribution in [1.82, 2.24) is 19.7 Å². The fourth-order valence-electron chi connectivity index (χ4n) is 3.47. The van der Waals surface area contributed by atoms with Crippen LogP contribution in [0.2, 0.25) is 0 Å². The summed E-state index contributed by atoms with van der Waals surface area (Å²) in [5.41, 5.74) is 1.83. The van der Waals surface area contributed by atoms with Gasteiger partial charge in [0, 0.05) is 17.8 Å². The van der Waals surface area contributed by atoms with Gasteiger partial charge in [-0.05, 0) is 59.7 Å². The fourth-order valence-corrected chi connectivity index (χ4v) is 4.40. The third-order valence-corrected chi connectivity index (χ3v) is 5.77. The smallest absolute Gasteiger partial charge is 0.236 e. The molecule has 2 heterocycles. The van der Waals surface area contributed by atoms with Gasteiger partial charge in [0.25, 0.3) is 0 Å². The van der Waals surface area contributed by atoms with Crippen molar-refractivity contribution in [1.29, 1.82) is 0 Å². The van der Waals surface area contributed by atoms with Crippen molar-refractivity contribution >= 4 is 17.7 Å². The molecule has 2 aromatic heterocycles. The van der Waals surface area contributed by atoms with E-state index in [4.69, 9.17) is 4.42 Å². The van der Waals surface area contributed by atoms with Gasteiger partial charge in [-0.1, -0.05) is 30.0 Å². The molecule has 1 atom stereocenters. The highest BCUT2D eigenvalue weighted by Gasteiger charge is 2.28. The summed E-state index contributed by atoms with van der Waals surface area (Å²) in [5, 5.41) is 9.25. The van der Waals surface area contributed by atoms with Crippen molar-refractivity contribution in [2.75, 3.05) is 0 Å². The molecule has 154 valence electrons. The molecule has 0 aliphatic carbocycles. The first-order valence-corrected chi connectivity index (χ1v) is 10.7. The van der Waals surface area contributed by atoms with Crippen LogP contribution in [0.4, 0.5) is 0 Å². The second-order valence-electron chi connectivity index (χ2n) is 7.56. The van der Waals surface area contributed by atoms with Crippen molar-refractivity contribution in [3.8, 4) is 17.1 Å². The van der Waals surface area contributed by atoms with Crippen molar-refractivity contribution in [3.05, 3.63) is 48.4 Å². The Bertz CT molecular complexity index is 954. The summed E-state index contributed by atoms with van der Waals surface area (Å²) < 4.78 is 7.46. The molecule has 0 bridgehead atoms. The Morgan fingerprint density at radius 1 is 1.03 bits per heavy atom. The maximum absolute atomic E-state index is 13.1. The van der Waals surface area contributed by atoms with Crippen molar-refractivity contribution in [2.45, 2.75) is 64.0 Å². The zero-order valence-electron chi connectivity index (χ0n) is 17.8. The molecule has 1 unspecified atom stereocenters. The molecule has 0 spiro atoms. The molecule has 3 rings (SSSR count). The quantitative estimate of drug-likeness (QED) is 0.513. The standard InChI is InChI=1S/C22H28N4O2S/c1-14(2)25(15(3)4)21(27)17(6)29-22-24-23-20(19-12-13-28-16(19)5)26(22)18-10-8-7-9-11-18/h7-15,17H,1-6H3. The van der Waals surface area contributed by atoms with E-state index in [1.807, 2.05) is 87.4 Å². The zero-order valence-corrected chi connectivity index (χ0v) is 18.6. The van der Waals surface area contributed by atoms with Crippen LogP contribution >= 0.6 is 11.8 Å². The number of hydrogen-bond acceptors (Lipinski definition) is 5. The number of furan rings is 1. The highest BCUT2D eigenvalue weighted by Crippen LogP contribution is 2.32. The lowest BCUT2D eigenvalue weighted by molar-refractivity contribution is -0.133. The van der Waals surface area contributed by atoms with E-state index in [2.05, 4.69) is 10.2 Å². The number of amides is 1. The van der Waals surface area contributed by atoms with Crippen molar-refractivity contribution in [3.63, 3.8) is 0 Å². The summed E-state index contributed by atoms with van der Waals surface area (Å²) in [6.07, 6.45) is 1.65. The van der Waals surface area contributed by atoms with Crippen LogP contribution in [-0.4, -0.2) is 42.9 Å². The number of para-hydroxylation sites is 1. The van der Waals surface area contributed by atoms with Crippen molar-refractivity contribution in [2.24, 2.45) is 0 Å². The number of aryl methyl sites for hydroxylation is 1. The summed E-state index contributed by atoms with van der Waals surface area (Å²) in [6.45, 7) is 12.0. The normalized spacial score (nSPS) is 12.6. The molecule has 29 heavy (non-hydrogen) atoms. The first-order valence-electron chi connectivity index (χ1n) is 9.85. The Hall–Kier alpha value is -2.54. The minimum Gasteiger partial charge on any atom is -0.469 e. The molecular formula is C22H28N4O2S. The van der Waals surface area contributed by atoms with Gasteiger partial charge in [-0.25, -0.2) is 0 Å². The van der Waals surface area contributed by atoms with Gasteiger partial charge in [0.2, 0.25) is 5.91 Å². The lowest BCUT2D eigenvalue weighted by Crippen LogP contribution is -2.45. The number of carbonyl (C=O) groups excluding carboxylic acids is 1. The maximum atomic E-state index is 13.1. The monoisotopic (exact) mass is 412 g/mol. The van der Waals surface area contributed by atoms with Gasteiger partial charge in [-0.15, -0.1) is 10.2 Å². The minimum absolute atomic E-state index is 0.101. The molecule has 0 saturated heterocycles. The first-order chi connectivity index (χ1) is 13.8. The largest absolute Gasteiger partial charge is 0.469 e. The molecule has 0 aliphatic rings. The van der Waals surface area contributed by atoms with Gasteiger partial charge in [0.15, 0.2) is 11.0 Å². The second-order valence-corrected chi connectivity index (χ2v) is 8.87. The van der Waals surface area contributed by atoms with Crippen LogP contribution in [0.3, 0.4) is 0 Å². The third kappa shape index (κ3) is 4.40. The Morgan fingerprint density at radius 3 is 2.24 bits per heavy atom. The lowest BCUT2D eigenvalue weighted by atomic mass is 10.2. The number of carbonyl (C=O) groups is 1. The third-order valence-electron chi connectivity index (χ3n) is 4.74. The lowest BCUT2D eigenvalue weighted by Gasteiger charge is -2.32. The molecule has 0 radical (unpaired) electrons. The summed E-state index contributed by atoms with van der Waals surface area (Å²) in [6, 6.07) is 12.1. The molecule has 1 amide bonds. The molecule has 7 heteroatoms. The fraction of sp³-hybridized carbons (Fsp3) is 0.409. The van der Waals surface area contributed by atoms with Gasteiger partial charge < -0.3 is 9.32 Å². The highest BCUT2D eigenvalue weighted by atomic mass is 32.2. The van der Waals surface area contributed by atoms with E-state index in [9.17, 15) is 4.79 Å². The Kier molecular flexibility index (Phi) is 6.47. The van der Waals surface area contributed by atoms with E-state index in [0.717, 1.165) is 17.0 Å². The summed E-state index contributed by atoms with van der Waals surface area (Å²) in [5.74, 6) is 1.58. The van der Waals surface area contributed by atoms with Crippen molar-refractivity contribution < 1.29 is 9.21 Å². The molecule has 1 aromatic carbocycles. The van der Waals surface area contributed by atoms with E-state index >= 15 is 0 Å². The van der Waals surface area contributed by atoms with Crippen LogP contribution in [0.25, 0.3) is 17.1 Å². The predicted molar refractivity (Wildman–Crippen MR) is 116 cm³/mol. The first kappa shape index (κ1) is 21.2. The predicted octanol–water partition coefficient (Wildman–Crippen LogP) is 4.96. The van der Waals surface area contributed by atoms with E-state index in [0.29, 0.717) is 11.0 Å². The Morgan fingerprint density at radius 2 is 1.69 bits per heavy atom. The molecule has 3 aromatic rings. The number of thioether (sulfide) groups is 1. The zero-order chi connectivity index (χ0) is 21.1. The SMILES string of the molecule is Cc1occc1-c1nnc(SC(C)C(=O)N(C(C)C)C(C)C)n1-c1ccccc1. The number of benzene rings is 1. The summed E-state index contributed by atoms with van der Waals surface area (Å²) >= 11 is 1.43. The highest BCUT2D eigenvalue weighted by molar-refractivity contribution is 8.00. The molecule has 0 fully saturated rings. The summed E-state index contributed by atoms with van der Waals surface area (Å²) in [4.78, 5) is 15.0. The van der Waals surface area contributed by atoms with Gasteiger partial charge >= 0.3 is 0 Å². The van der Waals surface area contributed by atoms with E-state index in [-0.39, 0.29) is 23.2 Å². The number of hydrogen-bond donors (Lipinski definition) is 0. The van der Waals surface area contributed by atoms with Crippen LogP contribution in [0, 0.1) is 6.92 Å². The summed E-state index contributed by atoms with van der Waals surface area (Å²) in [7, 11) is 0. The Labute approximate surface area is 176 Å². The van der Waals surface area contributed by atoms with E-state index in [1.54, 1.807) is 6.26 Å². The second kappa shape index (κ2) is 8.86. The minimum atomic E-state index is -0.287. The van der Waals surface area contributed by atoms with Crippen LogP contribution in [0.15, 0.2) is 52.2 Å². The molecule has 6 nitrogen and oxygen atoms in total. The molecule has 0 aliphatic heterocycles. The maximum Gasteiger partial charge on any atom is 0.236 e. The number of rotatable bonds is 7.